The van der Waals surface area contributed by atoms with E-state index in [9.17, 15) is 0 Å². The van der Waals surface area contributed by atoms with Gasteiger partial charge in [0.25, 0.3) is 0 Å². The number of nitrogens with one attached hydrogen (secondary N) is 1. The minimum absolute atomic E-state index is 0.424. The van der Waals surface area contributed by atoms with E-state index < -0.39 is 0 Å². The lowest BCUT2D eigenvalue weighted by Crippen LogP contribution is -2.08. The fourth-order valence-corrected chi connectivity index (χ4v) is 2.93. The van der Waals surface area contributed by atoms with Crippen LogP contribution in [-0.4, -0.2) is 19.3 Å². The molecule has 0 saturated carbocycles. The van der Waals surface area contributed by atoms with Gasteiger partial charge in [-0.3, -0.25) is 9.25 Å². The second kappa shape index (κ2) is 5.26. The Morgan fingerprint density at radius 2 is 2.11 bits per heavy atom. The fourth-order valence-electron chi connectivity index (χ4n) is 2.56. The molecule has 0 aromatic carbocycles. The molecule has 0 amide bonds. The molecule has 1 atom stereocenters. The summed E-state index contributed by atoms with van der Waals surface area (Å²) >= 11 is 5.45. The highest BCUT2D eigenvalue weighted by Crippen LogP contribution is 2.24. The second-order valence-corrected chi connectivity index (χ2v) is 5.44. The Hall–Kier alpha value is -1.10. The first kappa shape index (κ1) is 13.3. The van der Waals surface area contributed by atoms with Crippen LogP contribution >= 0.6 is 12.2 Å². The van der Waals surface area contributed by atoms with Crippen LogP contribution in [0.3, 0.4) is 0 Å². The summed E-state index contributed by atoms with van der Waals surface area (Å²) in [6.07, 6.45) is 4.96. The standard InChI is InChI=1S/C13H22N4S/c1-5-6-7-8-9(2)17-12-11(14-13(17)18)10(3)15-16(12)4/h9H,5-8H2,1-4H3,(H,14,18). The smallest absolute Gasteiger partial charge is 0.179 e. The van der Waals surface area contributed by atoms with Crippen LogP contribution in [-0.2, 0) is 7.05 Å². The predicted molar refractivity (Wildman–Crippen MR) is 77.5 cm³/mol. The van der Waals surface area contributed by atoms with Crippen molar-refractivity contribution in [2.45, 2.75) is 52.5 Å². The van der Waals surface area contributed by atoms with Gasteiger partial charge in [0.05, 0.1) is 5.69 Å². The van der Waals surface area contributed by atoms with Crippen LogP contribution in [0.1, 0.15) is 51.3 Å². The Morgan fingerprint density at radius 3 is 2.78 bits per heavy atom. The number of unbranched alkanes of at least 4 members (excludes halogenated alkanes) is 2. The number of nitrogens with zero attached hydrogens (tertiary/aromatic N) is 3. The van der Waals surface area contributed by atoms with E-state index in [4.69, 9.17) is 12.2 Å². The van der Waals surface area contributed by atoms with Crippen molar-refractivity contribution in [2.75, 3.05) is 0 Å². The summed E-state index contributed by atoms with van der Waals surface area (Å²) in [6, 6.07) is 0.424. The molecule has 2 rings (SSSR count). The van der Waals surface area contributed by atoms with Gasteiger partial charge in [-0.25, -0.2) is 0 Å². The number of fused-ring (bicyclic) bond motifs is 1. The molecule has 0 radical (unpaired) electrons. The zero-order valence-electron chi connectivity index (χ0n) is 11.7. The molecule has 0 spiro atoms. The van der Waals surface area contributed by atoms with Gasteiger partial charge in [0, 0.05) is 13.1 Å². The Kier molecular flexibility index (Phi) is 3.90. The van der Waals surface area contributed by atoms with Crippen LogP contribution in [0.25, 0.3) is 11.2 Å². The molecular formula is C13H22N4S. The summed E-state index contributed by atoms with van der Waals surface area (Å²) in [4.78, 5) is 3.28. The van der Waals surface area contributed by atoms with Crippen molar-refractivity contribution in [3.8, 4) is 0 Å². The van der Waals surface area contributed by atoms with E-state index in [0.717, 1.165) is 21.6 Å². The van der Waals surface area contributed by atoms with Crippen molar-refractivity contribution in [1.82, 2.24) is 19.3 Å². The lowest BCUT2D eigenvalue weighted by molar-refractivity contribution is 0.475. The van der Waals surface area contributed by atoms with E-state index in [1.54, 1.807) is 0 Å². The number of aromatic amines is 1. The largest absolute Gasteiger partial charge is 0.328 e. The minimum atomic E-state index is 0.424. The monoisotopic (exact) mass is 266 g/mol. The van der Waals surface area contributed by atoms with Crippen molar-refractivity contribution < 1.29 is 0 Å². The molecule has 0 aliphatic heterocycles. The Bertz CT molecular complexity index is 590. The van der Waals surface area contributed by atoms with Crippen LogP contribution in [0.15, 0.2) is 0 Å². The highest BCUT2D eigenvalue weighted by Gasteiger charge is 2.16. The van der Waals surface area contributed by atoms with Crippen LogP contribution in [0, 0.1) is 11.7 Å². The van der Waals surface area contributed by atoms with Crippen molar-refractivity contribution in [1.29, 1.82) is 0 Å². The van der Waals surface area contributed by atoms with Gasteiger partial charge in [-0.05, 0) is 32.5 Å². The molecule has 0 aliphatic rings. The van der Waals surface area contributed by atoms with E-state index >= 15 is 0 Å². The first-order valence-electron chi connectivity index (χ1n) is 6.70. The predicted octanol–water partition coefficient (Wildman–Crippen LogP) is 3.88. The third-order valence-corrected chi connectivity index (χ3v) is 3.84. The molecule has 2 aromatic rings. The van der Waals surface area contributed by atoms with E-state index in [1.165, 1.54) is 25.7 Å². The Labute approximate surface area is 113 Å². The normalized spacial score (nSPS) is 13.3. The number of hydrogen-bond acceptors (Lipinski definition) is 2. The SMILES string of the molecule is CCCCCC(C)n1c(=S)[nH]c2c(C)nn(C)c21. The molecule has 100 valence electrons. The Balaban J connectivity index is 2.37. The highest BCUT2D eigenvalue weighted by atomic mass is 32.1. The van der Waals surface area contributed by atoms with Gasteiger partial charge in [0.15, 0.2) is 10.4 Å². The van der Waals surface area contributed by atoms with E-state index in [2.05, 4.69) is 28.5 Å². The summed E-state index contributed by atoms with van der Waals surface area (Å²) in [7, 11) is 1.98. The molecule has 2 aromatic heterocycles. The molecule has 1 N–H and O–H groups in total. The van der Waals surface area contributed by atoms with Crippen molar-refractivity contribution >= 4 is 23.4 Å². The molecule has 0 fully saturated rings. The number of hydrogen-bond donors (Lipinski definition) is 1. The lowest BCUT2D eigenvalue weighted by Gasteiger charge is -2.14. The van der Waals surface area contributed by atoms with Gasteiger partial charge < -0.3 is 4.98 Å². The molecule has 18 heavy (non-hydrogen) atoms. The molecule has 0 saturated heterocycles. The molecule has 0 bridgehead atoms. The van der Waals surface area contributed by atoms with Gasteiger partial charge in [0.2, 0.25) is 0 Å². The zero-order chi connectivity index (χ0) is 13.3. The van der Waals surface area contributed by atoms with Crippen molar-refractivity contribution in [2.24, 2.45) is 7.05 Å². The molecular weight excluding hydrogens is 244 g/mol. The Morgan fingerprint density at radius 1 is 1.39 bits per heavy atom. The fraction of sp³-hybridized carbons (Fsp3) is 0.692. The van der Waals surface area contributed by atoms with Gasteiger partial charge in [-0.1, -0.05) is 26.2 Å². The number of imidazole rings is 1. The van der Waals surface area contributed by atoms with Crippen molar-refractivity contribution in [3.05, 3.63) is 10.5 Å². The maximum Gasteiger partial charge on any atom is 0.179 e. The summed E-state index contributed by atoms with van der Waals surface area (Å²) in [5.74, 6) is 0. The highest BCUT2D eigenvalue weighted by molar-refractivity contribution is 7.71. The molecule has 0 aliphatic carbocycles. The van der Waals surface area contributed by atoms with Gasteiger partial charge >= 0.3 is 0 Å². The minimum Gasteiger partial charge on any atom is -0.328 e. The van der Waals surface area contributed by atoms with Gasteiger partial charge in [-0.2, -0.15) is 5.10 Å². The molecule has 2 heterocycles. The number of H-pyrrole nitrogens is 1. The average molecular weight is 266 g/mol. The maximum atomic E-state index is 5.45. The van der Waals surface area contributed by atoms with Crippen molar-refractivity contribution in [3.63, 3.8) is 0 Å². The number of aryl methyl sites for hydroxylation is 2. The summed E-state index contributed by atoms with van der Waals surface area (Å²) < 4.78 is 4.94. The quantitative estimate of drug-likeness (QED) is 0.659. The average Bonchev–Trinajstić information content (AvgIpc) is 2.78. The van der Waals surface area contributed by atoms with Crippen LogP contribution in [0.2, 0.25) is 0 Å². The van der Waals surface area contributed by atoms with Crippen LogP contribution < -0.4 is 0 Å². The molecule has 5 heteroatoms. The van der Waals surface area contributed by atoms with Crippen LogP contribution in [0.5, 0.6) is 0 Å². The first-order valence-corrected chi connectivity index (χ1v) is 7.10. The third kappa shape index (κ3) is 2.23. The van der Waals surface area contributed by atoms with E-state index in [0.29, 0.717) is 6.04 Å². The lowest BCUT2D eigenvalue weighted by atomic mass is 10.1. The zero-order valence-corrected chi connectivity index (χ0v) is 12.5. The van der Waals surface area contributed by atoms with Gasteiger partial charge in [-0.15, -0.1) is 0 Å². The van der Waals surface area contributed by atoms with E-state index in [1.807, 2.05) is 18.7 Å². The third-order valence-electron chi connectivity index (χ3n) is 3.54. The topological polar surface area (TPSA) is 38.5 Å². The van der Waals surface area contributed by atoms with E-state index in [-0.39, 0.29) is 0 Å². The van der Waals surface area contributed by atoms with Crippen LogP contribution in [0.4, 0.5) is 0 Å². The second-order valence-electron chi connectivity index (χ2n) is 5.05. The molecule has 4 nitrogen and oxygen atoms in total. The summed E-state index contributed by atoms with van der Waals surface area (Å²) in [5, 5.41) is 4.45. The first-order chi connectivity index (χ1) is 8.56. The summed E-state index contributed by atoms with van der Waals surface area (Å²) in [6.45, 7) is 6.48. The summed E-state index contributed by atoms with van der Waals surface area (Å²) in [5.41, 5.74) is 3.20. The van der Waals surface area contributed by atoms with Gasteiger partial charge in [0.1, 0.15) is 5.52 Å². The number of aromatic nitrogens is 4. The molecule has 1 unspecified atom stereocenters. The number of rotatable bonds is 5. The maximum absolute atomic E-state index is 5.45.